The first-order valence-electron chi connectivity index (χ1n) is 10.1. The van der Waals surface area contributed by atoms with Crippen LogP contribution in [0.4, 0.5) is 0 Å². The molecule has 8 heteroatoms. The third-order valence-corrected chi connectivity index (χ3v) is 6.50. The highest BCUT2D eigenvalue weighted by Crippen LogP contribution is 2.28. The second-order valence-electron chi connectivity index (χ2n) is 7.43. The summed E-state index contributed by atoms with van der Waals surface area (Å²) >= 11 is 1.32. The van der Waals surface area contributed by atoms with Crippen LogP contribution in [0.5, 0.6) is 5.75 Å². The minimum Gasteiger partial charge on any atom is -0.497 e. The Labute approximate surface area is 189 Å². The van der Waals surface area contributed by atoms with Gasteiger partial charge >= 0.3 is 5.69 Å². The van der Waals surface area contributed by atoms with E-state index in [0.717, 1.165) is 16.9 Å². The van der Waals surface area contributed by atoms with Gasteiger partial charge in [-0.3, -0.25) is 18.7 Å². The van der Waals surface area contributed by atoms with Crippen molar-refractivity contribution in [3.05, 3.63) is 97.7 Å². The van der Waals surface area contributed by atoms with Crippen LogP contribution in [0.15, 0.2) is 74.8 Å². The Morgan fingerprint density at radius 1 is 1.09 bits per heavy atom. The zero-order chi connectivity index (χ0) is 22.7. The molecule has 0 bridgehead atoms. The Balaban J connectivity index is 1.61. The van der Waals surface area contributed by atoms with Crippen LogP contribution >= 0.6 is 11.8 Å². The lowest BCUT2D eigenvalue weighted by Gasteiger charge is -2.19. The molecule has 0 saturated heterocycles. The fourth-order valence-corrected chi connectivity index (χ4v) is 4.63. The molecular weight excluding hydrogens is 426 g/mol. The number of amides is 1. The maximum atomic E-state index is 13.2. The average Bonchev–Trinajstić information content (AvgIpc) is 2.84. The van der Waals surface area contributed by atoms with Gasteiger partial charge in [0.05, 0.1) is 24.2 Å². The van der Waals surface area contributed by atoms with E-state index in [1.807, 2.05) is 54.6 Å². The van der Waals surface area contributed by atoms with Crippen molar-refractivity contribution in [2.24, 2.45) is 7.05 Å². The first-order chi connectivity index (χ1) is 15.5. The van der Waals surface area contributed by atoms with Gasteiger partial charge in [-0.15, -0.1) is 11.8 Å². The Hall–Kier alpha value is -3.52. The van der Waals surface area contributed by atoms with Crippen molar-refractivity contribution in [2.45, 2.75) is 18.1 Å². The smallest absolute Gasteiger partial charge is 0.331 e. The van der Waals surface area contributed by atoms with Crippen molar-refractivity contribution in [3.63, 3.8) is 0 Å². The summed E-state index contributed by atoms with van der Waals surface area (Å²) in [7, 11) is 3.24. The van der Waals surface area contributed by atoms with Crippen LogP contribution in [-0.2, 0) is 24.9 Å². The van der Waals surface area contributed by atoms with E-state index in [1.54, 1.807) is 20.2 Å². The molecule has 1 aliphatic rings. The molecule has 7 nitrogen and oxygen atoms in total. The monoisotopic (exact) mass is 449 g/mol. The lowest BCUT2D eigenvalue weighted by Crippen LogP contribution is -2.42. The maximum Gasteiger partial charge on any atom is 0.331 e. The van der Waals surface area contributed by atoms with Crippen molar-refractivity contribution in [1.82, 2.24) is 14.5 Å². The summed E-state index contributed by atoms with van der Waals surface area (Å²) in [4.78, 5) is 38.7. The van der Waals surface area contributed by atoms with Gasteiger partial charge in [0.25, 0.3) is 5.56 Å². The molecule has 0 unspecified atom stereocenters. The highest BCUT2D eigenvalue weighted by molar-refractivity contribution is 7.99. The van der Waals surface area contributed by atoms with E-state index < -0.39 is 5.56 Å². The topological polar surface area (TPSA) is 82.3 Å². The number of ether oxygens (including phenoxy) is 1. The second kappa shape index (κ2) is 9.32. The van der Waals surface area contributed by atoms with E-state index in [2.05, 4.69) is 5.32 Å². The molecular formula is C24H23N3O4S. The minimum atomic E-state index is -0.391. The molecule has 4 rings (SSSR count). The predicted octanol–water partition coefficient (Wildman–Crippen LogP) is 2.41. The number of carbonyl (C=O) groups is 1. The lowest BCUT2D eigenvalue weighted by atomic mass is 10.1. The third-order valence-electron chi connectivity index (χ3n) is 5.27. The van der Waals surface area contributed by atoms with Crippen LogP contribution in [0, 0.1) is 0 Å². The number of hydrogen-bond acceptors (Lipinski definition) is 5. The molecule has 0 saturated carbocycles. The number of methoxy groups -OCH3 is 1. The van der Waals surface area contributed by atoms with Gasteiger partial charge < -0.3 is 10.1 Å². The van der Waals surface area contributed by atoms with E-state index in [-0.39, 0.29) is 18.1 Å². The number of nitrogens with one attached hydrogen (secondary N) is 1. The Morgan fingerprint density at radius 2 is 1.84 bits per heavy atom. The SMILES string of the molecule is COc1cccc(CNC(=O)C2=Cc3c(n(C)c(=O)n(Cc4ccccc4)c3=O)SC2)c1. The van der Waals surface area contributed by atoms with Crippen molar-refractivity contribution in [1.29, 1.82) is 0 Å². The molecule has 1 N–H and O–H groups in total. The summed E-state index contributed by atoms with van der Waals surface area (Å²) in [5.74, 6) is 0.860. The molecule has 0 spiro atoms. The molecule has 1 aromatic heterocycles. The van der Waals surface area contributed by atoms with Crippen molar-refractivity contribution < 1.29 is 9.53 Å². The predicted molar refractivity (Wildman–Crippen MR) is 125 cm³/mol. The molecule has 3 aromatic rings. The van der Waals surface area contributed by atoms with Crippen molar-refractivity contribution in [3.8, 4) is 5.75 Å². The quantitative estimate of drug-likeness (QED) is 0.585. The van der Waals surface area contributed by atoms with Gasteiger partial charge in [-0.1, -0.05) is 42.5 Å². The average molecular weight is 450 g/mol. The number of aromatic nitrogens is 2. The highest BCUT2D eigenvalue weighted by Gasteiger charge is 2.23. The lowest BCUT2D eigenvalue weighted by molar-refractivity contribution is -0.117. The third kappa shape index (κ3) is 4.40. The molecule has 0 radical (unpaired) electrons. The van der Waals surface area contributed by atoms with Crippen LogP contribution in [0.1, 0.15) is 16.7 Å². The standard InChI is InChI=1S/C24H23N3O4S/c1-26-23-20(22(29)27(24(26)30)14-16-7-4-3-5-8-16)12-18(15-32-23)21(28)25-13-17-9-6-10-19(11-17)31-2/h3-12H,13-15H2,1-2H3,(H,25,28). The second-order valence-corrected chi connectivity index (χ2v) is 8.39. The van der Waals surface area contributed by atoms with Crippen molar-refractivity contribution >= 4 is 23.7 Å². The van der Waals surface area contributed by atoms with Crippen LogP contribution in [0.2, 0.25) is 0 Å². The molecule has 164 valence electrons. The zero-order valence-corrected chi connectivity index (χ0v) is 18.6. The summed E-state index contributed by atoms with van der Waals surface area (Å²) in [6.07, 6.45) is 1.61. The molecule has 2 aromatic carbocycles. The van der Waals surface area contributed by atoms with Gasteiger partial charge in [0.1, 0.15) is 5.75 Å². The summed E-state index contributed by atoms with van der Waals surface area (Å²) in [6, 6.07) is 16.8. The summed E-state index contributed by atoms with van der Waals surface area (Å²) in [5.41, 5.74) is 1.87. The maximum absolute atomic E-state index is 13.2. The zero-order valence-electron chi connectivity index (χ0n) is 17.8. The largest absolute Gasteiger partial charge is 0.497 e. The van der Waals surface area contributed by atoms with E-state index in [4.69, 9.17) is 4.74 Å². The summed E-state index contributed by atoms with van der Waals surface area (Å²) in [5, 5.41) is 3.47. The van der Waals surface area contributed by atoms with Gasteiger partial charge in [-0.05, 0) is 29.3 Å². The number of fused-ring (bicyclic) bond motifs is 1. The Kier molecular flexibility index (Phi) is 6.32. The van der Waals surface area contributed by atoms with E-state index >= 15 is 0 Å². The minimum absolute atomic E-state index is 0.176. The van der Waals surface area contributed by atoms with Crippen LogP contribution in [-0.4, -0.2) is 27.9 Å². The molecule has 0 aliphatic carbocycles. The van der Waals surface area contributed by atoms with Crippen LogP contribution < -0.4 is 21.3 Å². The first-order valence-corrected chi connectivity index (χ1v) is 11.1. The number of hydrogen-bond donors (Lipinski definition) is 1. The molecule has 0 fully saturated rings. The fourth-order valence-electron chi connectivity index (χ4n) is 3.55. The van der Waals surface area contributed by atoms with Crippen molar-refractivity contribution in [2.75, 3.05) is 12.9 Å². The fraction of sp³-hybridized carbons (Fsp3) is 0.208. The number of carbonyl (C=O) groups excluding carboxylic acids is 1. The van der Waals surface area contributed by atoms with E-state index in [1.165, 1.54) is 20.9 Å². The summed E-state index contributed by atoms with van der Waals surface area (Å²) < 4.78 is 7.90. The van der Waals surface area contributed by atoms with E-state index in [9.17, 15) is 14.4 Å². The Morgan fingerprint density at radius 3 is 2.59 bits per heavy atom. The van der Waals surface area contributed by atoms with Gasteiger partial charge in [-0.2, -0.15) is 0 Å². The van der Waals surface area contributed by atoms with Gasteiger partial charge in [0.2, 0.25) is 5.91 Å². The number of nitrogens with zero attached hydrogens (tertiary/aromatic N) is 2. The van der Waals surface area contributed by atoms with Gasteiger partial charge in [0.15, 0.2) is 0 Å². The van der Waals surface area contributed by atoms with Gasteiger partial charge in [-0.25, -0.2) is 4.79 Å². The number of benzene rings is 2. The molecule has 1 aliphatic heterocycles. The Bertz CT molecular complexity index is 1310. The first kappa shape index (κ1) is 21.7. The number of rotatable bonds is 6. The molecule has 32 heavy (non-hydrogen) atoms. The van der Waals surface area contributed by atoms with E-state index in [0.29, 0.717) is 28.5 Å². The number of thioether (sulfide) groups is 1. The van der Waals surface area contributed by atoms with Crippen LogP contribution in [0.25, 0.3) is 6.08 Å². The normalized spacial score (nSPS) is 12.6. The van der Waals surface area contributed by atoms with Gasteiger partial charge in [0, 0.05) is 24.9 Å². The molecule has 0 atom stereocenters. The molecule has 1 amide bonds. The summed E-state index contributed by atoms with van der Waals surface area (Å²) in [6.45, 7) is 0.520. The van der Waals surface area contributed by atoms with Crippen LogP contribution in [0.3, 0.4) is 0 Å². The molecule has 2 heterocycles. The highest BCUT2D eigenvalue weighted by atomic mass is 32.2.